The van der Waals surface area contributed by atoms with Crippen LogP contribution in [-0.2, 0) is 19.4 Å². The summed E-state index contributed by atoms with van der Waals surface area (Å²) in [5, 5.41) is 6.90. The average Bonchev–Trinajstić information content (AvgIpc) is 2.69. The molecule has 126 valence electrons. The molecule has 1 aliphatic heterocycles. The molecule has 0 atom stereocenters. The lowest BCUT2D eigenvalue weighted by atomic mass is 10.1. The Bertz CT molecular complexity index is 835. The third-order valence-electron chi connectivity index (χ3n) is 4.30. The van der Waals surface area contributed by atoms with Gasteiger partial charge >= 0.3 is 0 Å². The fraction of sp³-hybridized carbons (Fsp3) is 0.263. The van der Waals surface area contributed by atoms with Crippen molar-refractivity contribution in [1.29, 1.82) is 0 Å². The summed E-state index contributed by atoms with van der Waals surface area (Å²) >= 11 is 0. The standard InChI is InChI=1S/C19H20N6/c1-2-14(12-21-7-1)3-11-23-19-16-6-10-22-13-17(16)24-18(25-19)15-4-8-20-9-5-15/h1-2,4-5,7-9,12,22H,3,6,10-11,13H2,(H,23,24,25). The van der Waals surface area contributed by atoms with Gasteiger partial charge in [-0.1, -0.05) is 6.07 Å². The van der Waals surface area contributed by atoms with Crippen LogP contribution in [0.1, 0.15) is 16.8 Å². The maximum atomic E-state index is 4.79. The van der Waals surface area contributed by atoms with Crippen LogP contribution in [0, 0.1) is 0 Å². The third kappa shape index (κ3) is 3.64. The molecule has 2 N–H and O–H groups in total. The van der Waals surface area contributed by atoms with Gasteiger partial charge in [-0.15, -0.1) is 0 Å². The van der Waals surface area contributed by atoms with Gasteiger partial charge in [0.1, 0.15) is 5.82 Å². The Morgan fingerprint density at radius 2 is 1.96 bits per heavy atom. The molecule has 0 aliphatic carbocycles. The van der Waals surface area contributed by atoms with E-state index in [0.29, 0.717) is 0 Å². The average molecular weight is 332 g/mol. The van der Waals surface area contributed by atoms with Gasteiger partial charge in [0, 0.05) is 49.0 Å². The van der Waals surface area contributed by atoms with Gasteiger partial charge in [0.05, 0.1) is 5.69 Å². The number of nitrogens with zero attached hydrogens (tertiary/aromatic N) is 4. The van der Waals surface area contributed by atoms with E-state index in [-0.39, 0.29) is 0 Å². The second-order valence-electron chi connectivity index (χ2n) is 6.02. The number of rotatable bonds is 5. The molecule has 0 spiro atoms. The molecule has 0 radical (unpaired) electrons. The van der Waals surface area contributed by atoms with Crippen LogP contribution in [0.4, 0.5) is 5.82 Å². The third-order valence-corrected chi connectivity index (χ3v) is 4.30. The van der Waals surface area contributed by atoms with Crippen LogP contribution < -0.4 is 10.6 Å². The Kier molecular flexibility index (Phi) is 4.61. The molecule has 0 saturated heterocycles. The second kappa shape index (κ2) is 7.36. The molecule has 0 unspecified atom stereocenters. The van der Waals surface area contributed by atoms with Gasteiger partial charge in [-0.2, -0.15) is 0 Å². The van der Waals surface area contributed by atoms with Gasteiger partial charge in [0.25, 0.3) is 0 Å². The summed E-state index contributed by atoms with van der Waals surface area (Å²) in [6, 6.07) is 7.94. The highest BCUT2D eigenvalue weighted by atomic mass is 15.1. The smallest absolute Gasteiger partial charge is 0.161 e. The zero-order valence-electron chi connectivity index (χ0n) is 13.9. The van der Waals surface area contributed by atoms with Crippen molar-refractivity contribution in [2.45, 2.75) is 19.4 Å². The number of hydrogen-bond donors (Lipinski definition) is 2. The van der Waals surface area contributed by atoms with Crippen molar-refractivity contribution in [3.8, 4) is 11.4 Å². The lowest BCUT2D eigenvalue weighted by Crippen LogP contribution is -2.27. The maximum Gasteiger partial charge on any atom is 0.161 e. The summed E-state index contributed by atoms with van der Waals surface area (Å²) in [7, 11) is 0. The molecule has 4 rings (SSSR count). The predicted molar refractivity (Wildman–Crippen MR) is 97.1 cm³/mol. The minimum absolute atomic E-state index is 0.744. The number of fused-ring (bicyclic) bond motifs is 1. The van der Waals surface area contributed by atoms with E-state index < -0.39 is 0 Å². The quantitative estimate of drug-likeness (QED) is 0.746. The van der Waals surface area contributed by atoms with E-state index in [1.807, 2.05) is 24.4 Å². The minimum atomic E-state index is 0.744. The number of pyridine rings is 2. The molecular formula is C19H20N6. The molecule has 6 nitrogen and oxygen atoms in total. The number of nitrogens with one attached hydrogen (secondary N) is 2. The van der Waals surface area contributed by atoms with Crippen LogP contribution in [0.25, 0.3) is 11.4 Å². The monoisotopic (exact) mass is 332 g/mol. The van der Waals surface area contributed by atoms with E-state index in [1.165, 1.54) is 11.1 Å². The number of hydrogen-bond acceptors (Lipinski definition) is 6. The highest BCUT2D eigenvalue weighted by Gasteiger charge is 2.18. The first kappa shape index (κ1) is 15.7. The Labute approximate surface area is 146 Å². The Balaban J connectivity index is 1.59. The fourth-order valence-electron chi connectivity index (χ4n) is 3.01. The van der Waals surface area contributed by atoms with E-state index in [0.717, 1.165) is 55.4 Å². The van der Waals surface area contributed by atoms with Crippen molar-refractivity contribution in [3.63, 3.8) is 0 Å². The Morgan fingerprint density at radius 3 is 2.80 bits per heavy atom. The molecule has 0 fully saturated rings. The lowest BCUT2D eigenvalue weighted by molar-refractivity contribution is 0.625. The largest absolute Gasteiger partial charge is 0.369 e. The van der Waals surface area contributed by atoms with Gasteiger partial charge < -0.3 is 10.6 Å². The summed E-state index contributed by atoms with van der Waals surface area (Å²) in [6.45, 7) is 2.56. The zero-order chi connectivity index (χ0) is 16.9. The van der Waals surface area contributed by atoms with Crippen molar-refractivity contribution in [3.05, 3.63) is 65.9 Å². The van der Waals surface area contributed by atoms with E-state index in [2.05, 4.69) is 26.7 Å². The van der Waals surface area contributed by atoms with Gasteiger partial charge in [-0.05, 0) is 43.1 Å². The molecule has 25 heavy (non-hydrogen) atoms. The first-order chi connectivity index (χ1) is 12.4. The van der Waals surface area contributed by atoms with Crippen LogP contribution in [0.3, 0.4) is 0 Å². The van der Waals surface area contributed by atoms with Crippen molar-refractivity contribution in [2.24, 2.45) is 0 Å². The molecule has 0 aromatic carbocycles. The lowest BCUT2D eigenvalue weighted by Gasteiger charge is -2.20. The summed E-state index contributed by atoms with van der Waals surface area (Å²) < 4.78 is 0. The first-order valence-corrected chi connectivity index (χ1v) is 8.54. The topological polar surface area (TPSA) is 75.6 Å². The molecule has 4 heterocycles. The van der Waals surface area contributed by atoms with Crippen molar-refractivity contribution in [2.75, 3.05) is 18.4 Å². The van der Waals surface area contributed by atoms with Crippen molar-refractivity contribution < 1.29 is 0 Å². The maximum absolute atomic E-state index is 4.79. The van der Waals surface area contributed by atoms with E-state index in [4.69, 9.17) is 9.97 Å². The van der Waals surface area contributed by atoms with E-state index in [9.17, 15) is 0 Å². The summed E-state index contributed by atoms with van der Waals surface area (Å²) in [5.74, 6) is 1.69. The second-order valence-corrected chi connectivity index (χ2v) is 6.02. The van der Waals surface area contributed by atoms with Crippen LogP contribution in [-0.4, -0.2) is 33.0 Å². The molecule has 3 aromatic heterocycles. The normalized spacial score (nSPS) is 13.3. The minimum Gasteiger partial charge on any atom is -0.369 e. The number of anilines is 1. The number of aromatic nitrogens is 4. The molecule has 0 saturated carbocycles. The van der Waals surface area contributed by atoms with Crippen molar-refractivity contribution in [1.82, 2.24) is 25.3 Å². The van der Waals surface area contributed by atoms with Crippen LogP contribution in [0.15, 0.2) is 49.1 Å². The Morgan fingerprint density at radius 1 is 1.04 bits per heavy atom. The van der Waals surface area contributed by atoms with Gasteiger partial charge in [-0.25, -0.2) is 9.97 Å². The van der Waals surface area contributed by atoms with Crippen LogP contribution in [0.5, 0.6) is 0 Å². The molecule has 1 aliphatic rings. The van der Waals surface area contributed by atoms with Gasteiger partial charge in [0.2, 0.25) is 0 Å². The predicted octanol–water partition coefficient (Wildman–Crippen LogP) is 2.23. The molecule has 6 heteroatoms. The summed E-state index contributed by atoms with van der Waals surface area (Å²) in [6.07, 6.45) is 9.10. The van der Waals surface area contributed by atoms with Crippen LogP contribution in [0.2, 0.25) is 0 Å². The highest BCUT2D eigenvalue weighted by molar-refractivity contribution is 5.59. The van der Waals surface area contributed by atoms with E-state index >= 15 is 0 Å². The van der Waals surface area contributed by atoms with Crippen LogP contribution >= 0.6 is 0 Å². The fourth-order valence-corrected chi connectivity index (χ4v) is 3.01. The van der Waals surface area contributed by atoms with Crippen molar-refractivity contribution >= 4 is 5.82 Å². The first-order valence-electron chi connectivity index (χ1n) is 8.54. The van der Waals surface area contributed by atoms with Gasteiger partial charge in [0.15, 0.2) is 5.82 Å². The molecule has 0 bridgehead atoms. The van der Waals surface area contributed by atoms with Gasteiger partial charge in [-0.3, -0.25) is 9.97 Å². The van der Waals surface area contributed by atoms with E-state index in [1.54, 1.807) is 18.6 Å². The molecule has 0 amide bonds. The molecular weight excluding hydrogens is 312 g/mol. The summed E-state index contributed by atoms with van der Waals surface area (Å²) in [5.41, 5.74) is 4.51. The zero-order valence-corrected chi connectivity index (χ0v) is 13.9. The molecule has 3 aromatic rings. The SMILES string of the molecule is c1cncc(CCNc2nc(-c3ccncc3)nc3c2CCNC3)c1. The summed E-state index contributed by atoms with van der Waals surface area (Å²) in [4.78, 5) is 17.8. The highest BCUT2D eigenvalue weighted by Crippen LogP contribution is 2.24. The Hall–Kier alpha value is -2.86.